The molecule has 1 aliphatic heterocycles. The minimum absolute atomic E-state index is 0. The molecule has 0 spiro atoms. The maximum absolute atomic E-state index is 11.0. The van der Waals surface area contributed by atoms with Gasteiger partial charge in [0.2, 0.25) is 10.0 Å². The van der Waals surface area contributed by atoms with Crippen molar-refractivity contribution in [3.63, 3.8) is 0 Å². The first-order valence-electron chi connectivity index (χ1n) is 7.93. The summed E-state index contributed by atoms with van der Waals surface area (Å²) in [5.41, 5.74) is 0. The van der Waals surface area contributed by atoms with E-state index in [1.807, 2.05) is 11.8 Å². The number of nitrogens with one attached hydrogen (secondary N) is 2. The van der Waals surface area contributed by atoms with Crippen molar-refractivity contribution in [1.29, 1.82) is 0 Å². The van der Waals surface area contributed by atoms with Gasteiger partial charge in [-0.2, -0.15) is 11.8 Å². The third-order valence-electron chi connectivity index (χ3n) is 3.43. The van der Waals surface area contributed by atoms with Gasteiger partial charge >= 0.3 is 0 Å². The molecule has 0 aliphatic carbocycles. The van der Waals surface area contributed by atoms with Crippen LogP contribution >= 0.6 is 35.7 Å². The van der Waals surface area contributed by atoms with E-state index in [1.54, 1.807) is 0 Å². The maximum atomic E-state index is 11.0. The van der Waals surface area contributed by atoms with Gasteiger partial charge in [0, 0.05) is 43.7 Å². The highest BCUT2D eigenvalue weighted by Gasteiger charge is 2.24. The van der Waals surface area contributed by atoms with Gasteiger partial charge in [-0.25, -0.2) is 13.1 Å². The summed E-state index contributed by atoms with van der Waals surface area (Å²) in [7, 11) is -3.10. The summed E-state index contributed by atoms with van der Waals surface area (Å²) in [5, 5.41) is 3.99. The summed E-state index contributed by atoms with van der Waals surface area (Å²) in [6.45, 7) is 10.5. The van der Waals surface area contributed by atoms with Gasteiger partial charge in [0.15, 0.2) is 5.96 Å². The van der Waals surface area contributed by atoms with Crippen molar-refractivity contribution in [3.05, 3.63) is 0 Å². The lowest BCUT2D eigenvalue weighted by Crippen LogP contribution is -2.49. The average Bonchev–Trinajstić information content (AvgIpc) is 2.44. The highest BCUT2D eigenvalue weighted by Crippen LogP contribution is 2.24. The lowest BCUT2D eigenvalue weighted by Gasteiger charge is -2.36. The fraction of sp³-hybridized carbons (Fsp3) is 0.929. The summed E-state index contributed by atoms with van der Waals surface area (Å²) in [6.07, 6.45) is 1.88. The van der Waals surface area contributed by atoms with E-state index in [0.717, 1.165) is 31.3 Å². The lowest BCUT2D eigenvalue weighted by molar-refractivity contribution is 0.381. The molecule has 1 heterocycles. The first-order chi connectivity index (χ1) is 10.3. The fourth-order valence-electron chi connectivity index (χ4n) is 2.22. The van der Waals surface area contributed by atoms with Crippen LogP contribution in [0.3, 0.4) is 0 Å². The van der Waals surface area contributed by atoms with Crippen molar-refractivity contribution in [2.45, 2.75) is 32.4 Å². The molecule has 2 N–H and O–H groups in total. The third-order valence-corrected chi connectivity index (χ3v) is 5.70. The monoisotopic (exact) mass is 478 g/mol. The summed E-state index contributed by atoms with van der Waals surface area (Å²) in [6, 6.07) is 0. The molecule has 1 fully saturated rings. The van der Waals surface area contributed by atoms with Gasteiger partial charge in [0.25, 0.3) is 0 Å². The van der Waals surface area contributed by atoms with E-state index in [2.05, 4.69) is 40.7 Å². The molecule has 1 rings (SSSR count). The van der Waals surface area contributed by atoms with Crippen molar-refractivity contribution in [2.24, 2.45) is 10.9 Å². The highest BCUT2D eigenvalue weighted by atomic mass is 127. The van der Waals surface area contributed by atoms with Gasteiger partial charge in [-0.05, 0) is 19.3 Å². The van der Waals surface area contributed by atoms with Crippen LogP contribution in [0.25, 0.3) is 0 Å². The molecule has 0 amide bonds. The second-order valence-electron chi connectivity index (χ2n) is 5.85. The van der Waals surface area contributed by atoms with Crippen LogP contribution in [0.15, 0.2) is 4.99 Å². The zero-order valence-electron chi connectivity index (χ0n) is 14.5. The van der Waals surface area contributed by atoms with Crippen LogP contribution in [0.2, 0.25) is 0 Å². The smallest absolute Gasteiger partial charge is 0.208 e. The van der Waals surface area contributed by atoms with E-state index in [1.165, 1.54) is 6.26 Å². The van der Waals surface area contributed by atoms with Gasteiger partial charge in [0.1, 0.15) is 0 Å². The number of halogens is 1. The molecule has 1 unspecified atom stereocenters. The molecule has 1 aliphatic rings. The van der Waals surface area contributed by atoms with Crippen LogP contribution in [-0.2, 0) is 10.0 Å². The number of hydrogen-bond acceptors (Lipinski definition) is 4. The molecule has 1 saturated heterocycles. The Morgan fingerprint density at radius 2 is 2.13 bits per heavy atom. The number of hydrogen-bond donors (Lipinski definition) is 2. The van der Waals surface area contributed by atoms with Crippen LogP contribution in [0.4, 0.5) is 0 Å². The second-order valence-corrected chi connectivity index (χ2v) is 9.04. The van der Waals surface area contributed by atoms with Crippen LogP contribution in [0.1, 0.15) is 27.2 Å². The van der Waals surface area contributed by atoms with Crippen molar-refractivity contribution in [1.82, 2.24) is 14.9 Å². The summed E-state index contributed by atoms with van der Waals surface area (Å²) < 4.78 is 24.5. The number of rotatable bonds is 7. The summed E-state index contributed by atoms with van der Waals surface area (Å²) in [5.74, 6) is 2.74. The number of aliphatic imine (C=N–C) groups is 1. The lowest BCUT2D eigenvalue weighted by atomic mass is 10.1. The Labute approximate surface area is 162 Å². The van der Waals surface area contributed by atoms with Gasteiger partial charge < -0.3 is 10.2 Å². The van der Waals surface area contributed by atoms with Crippen molar-refractivity contribution >= 4 is 51.7 Å². The SMILES string of the molecule is CCNC(=NCCCNS(C)(=O)=O)N1CCSC(C(C)C)C1.I. The Morgan fingerprint density at radius 1 is 1.43 bits per heavy atom. The van der Waals surface area contributed by atoms with Crippen LogP contribution in [0, 0.1) is 5.92 Å². The standard InChI is InChI=1S/C14H30N4O2S2.HI/c1-5-15-14(16-7-6-8-17-22(4,19)20)18-9-10-21-13(11-18)12(2)3;/h12-13,17H,5-11H2,1-4H3,(H,15,16);1H. The van der Waals surface area contributed by atoms with Crippen LogP contribution in [0.5, 0.6) is 0 Å². The predicted octanol–water partition coefficient (Wildman–Crippen LogP) is 1.58. The molecule has 6 nitrogen and oxygen atoms in total. The van der Waals surface area contributed by atoms with E-state index in [-0.39, 0.29) is 24.0 Å². The minimum atomic E-state index is -3.10. The summed E-state index contributed by atoms with van der Waals surface area (Å²) >= 11 is 2.04. The first-order valence-corrected chi connectivity index (χ1v) is 10.9. The normalized spacial score (nSPS) is 19.6. The largest absolute Gasteiger partial charge is 0.357 e. The van der Waals surface area contributed by atoms with Crippen molar-refractivity contribution in [2.75, 3.05) is 44.7 Å². The zero-order valence-corrected chi connectivity index (χ0v) is 18.5. The number of guanidine groups is 1. The van der Waals surface area contributed by atoms with Crippen LogP contribution in [-0.4, -0.2) is 69.3 Å². The third kappa shape index (κ3) is 9.98. The predicted molar refractivity (Wildman–Crippen MR) is 112 cm³/mol. The van der Waals surface area contributed by atoms with Crippen molar-refractivity contribution in [3.8, 4) is 0 Å². The average molecular weight is 478 g/mol. The molecule has 0 saturated carbocycles. The topological polar surface area (TPSA) is 73.8 Å². The molecule has 1 atom stereocenters. The van der Waals surface area contributed by atoms with E-state index < -0.39 is 10.0 Å². The molecule has 9 heteroatoms. The molecule has 0 radical (unpaired) electrons. The Morgan fingerprint density at radius 3 is 2.70 bits per heavy atom. The zero-order chi connectivity index (χ0) is 16.6. The van der Waals surface area contributed by atoms with E-state index in [0.29, 0.717) is 30.7 Å². The number of sulfonamides is 1. The molecular formula is C14H31IN4O2S2. The number of thioether (sulfide) groups is 1. The molecule has 0 aromatic rings. The number of nitrogens with zero attached hydrogens (tertiary/aromatic N) is 2. The van der Waals surface area contributed by atoms with Gasteiger partial charge in [0.05, 0.1) is 6.26 Å². The minimum Gasteiger partial charge on any atom is -0.357 e. The Hall–Kier alpha value is 0.260. The van der Waals surface area contributed by atoms with Gasteiger partial charge in [-0.1, -0.05) is 13.8 Å². The highest BCUT2D eigenvalue weighted by molar-refractivity contribution is 14.0. The second kappa shape index (κ2) is 11.8. The Balaban J connectivity index is 0.00000484. The van der Waals surface area contributed by atoms with E-state index in [9.17, 15) is 8.42 Å². The molecule has 0 aromatic carbocycles. The van der Waals surface area contributed by atoms with Crippen LogP contribution < -0.4 is 10.0 Å². The Bertz CT molecular complexity index is 458. The molecule has 0 bridgehead atoms. The molecule has 0 aromatic heterocycles. The quantitative estimate of drug-likeness (QED) is 0.252. The van der Waals surface area contributed by atoms with Gasteiger partial charge in [-0.3, -0.25) is 4.99 Å². The van der Waals surface area contributed by atoms with E-state index >= 15 is 0 Å². The fourth-order valence-corrected chi connectivity index (χ4v) is 4.03. The molecule has 23 heavy (non-hydrogen) atoms. The maximum Gasteiger partial charge on any atom is 0.208 e. The Kier molecular flexibility index (Phi) is 11.9. The molecule has 138 valence electrons. The first kappa shape index (κ1) is 23.3. The summed E-state index contributed by atoms with van der Waals surface area (Å²) in [4.78, 5) is 6.97. The van der Waals surface area contributed by atoms with Gasteiger partial charge in [-0.15, -0.1) is 24.0 Å². The van der Waals surface area contributed by atoms with E-state index in [4.69, 9.17) is 0 Å². The molecular weight excluding hydrogens is 447 g/mol. The van der Waals surface area contributed by atoms with Crippen molar-refractivity contribution < 1.29 is 8.42 Å².